The van der Waals surface area contributed by atoms with Crippen LogP contribution in [0.4, 0.5) is 5.13 Å². The predicted octanol–water partition coefficient (Wildman–Crippen LogP) is 0.298. The van der Waals surface area contributed by atoms with Gasteiger partial charge in [0.25, 0.3) is 0 Å². The zero-order valence-corrected chi connectivity index (χ0v) is 12.7. The summed E-state index contributed by atoms with van der Waals surface area (Å²) in [5.74, 6) is 0.477. The first-order chi connectivity index (χ1) is 8.97. The van der Waals surface area contributed by atoms with E-state index in [2.05, 4.69) is 34.1 Å². The van der Waals surface area contributed by atoms with E-state index < -0.39 is 10.2 Å². The molecule has 0 aromatic carbocycles. The van der Waals surface area contributed by atoms with E-state index in [-0.39, 0.29) is 0 Å². The second-order valence-electron chi connectivity index (χ2n) is 4.86. The fourth-order valence-corrected chi connectivity index (χ4v) is 4.13. The van der Waals surface area contributed by atoms with Gasteiger partial charge in [0.1, 0.15) is 5.01 Å². The molecule has 7 nitrogen and oxygen atoms in total. The van der Waals surface area contributed by atoms with E-state index in [0.29, 0.717) is 37.2 Å². The highest BCUT2D eigenvalue weighted by molar-refractivity contribution is 7.90. The van der Waals surface area contributed by atoms with E-state index in [9.17, 15) is 8.42 Å². The fraction of sp³-hybridized carbons (Fsp3) is 0.800. The van der Waals surface area contributed by atoms with Crippen molar-refractivity contribution in [2.24, 2.45) is 5.92 Å². The highest BCUT2D eigenvalue weighted by Crippen LogP contribution is 2.20. The van der Waals surface area contributed by atoms with Crippen molar-refractivity contribution >= 4 is 26.7 Å². The second kappa shape index (κ2) is 6.12. The molecular weight excluding hydrogens is 286 g/mol. The van der Waals surface area contributed by atoms with Crippen LogP contribution in [0.3, 0.4) is 0 Å². The Morgan fingerprint density at radius 1 is 1.37 bits per heavy atom. The van der Waals surface area contributed by atoms with Crippen molar-refractivity contribution in [1.29, 1.82) is 0 Å². The maximum Gasteiger partial charge on any atom is 0.303 e. The lowest BCUT2D eigenvalue weighted by atomic mass is 10.1. The maximum absolute atomic E-state index is 12.1. The van der Waals surface area contributed by atoms with Crippen molar-refractivity contribution in [3.8, 4) is 0 Å². The van der Waals surface area contributed by atoms with Gasteiger partial charge in [0, 0.05) is 32.6 Å². The van der Waals surface area contributed by atoms with Crippen LogP contribution in [0.2, 0.25) is 0 Å². The molecule has 0 bridgehead atoms. The van der Waals surface area contributed by atoms with Crippen LogP contribution in [-0.4, -0.2) is 49.1 Å². The molecule has 0 spiro atoms. The summed E-state index contributed by atoms with van der Waals surface area (Å²) in [7, 11) is -3.50. The van der Waals surface area contributed by atoms with E-state index in [1.807, 2.05) is 0 Å². The van der Waals surface area contributed by atoms with Crippen LogP contribution in [0, 0.1) is 5.92 Å². The normalized spacial score (nSPS) is 17.8. The third kappa shape index (κ3) is 4.10. The molecule has 0 atom stereocenters. The van der Waals surface area contributed by atoms with Crippen molar-refractivity contribution in [2.75, 3.05) is 30.9 Å². The summed E-state index contributed by atoms with van der Waals surface area (Å²) in [6.07, 6.45) is 0.813. The Bertz CT molecular complexity index is 508. The van der Waals surface area contributed by atoms with Gasteiger partial charge in [-0.05, 0) is 5.92 Å². The lowest BCUT2D eigenvalue weighted by Crippen LogP contribution is -2.48. The quantitative estimate of drug-likeness (QED) is 0.817. The highest BCUT2D eigenvalue weighted by atomic mass is 32.2. The van der Waals surface area contributed by atoms with E-state index in [1.165, 1.54) is 15.6 Å². The summed E-state index contributed by atoms with van der Waals surface area (Å²) >= 11 is 1.30. The third-order valence-corrected chi connectivity index (χ3v) is 5.17. The van der Waals surface area contributed by atoms with Gasteiger partial charge in [0.2, 0.25) is 5.13 Å². The van der Waals surface area contributed by atoms with Crippen molar-refractivity contribution < 1.29 is 8.42 Å². The van der Waals surface area contributed by atoms with E-state index in [4.69, 9.17) is 0 Å². The fourth-order valence-electron chi connectivity index (χ4n) is 1.79. The molecule has 0 radical (unpaired) electrons. The second-order valence-corrected chi connectivity index (χ2v) is 7.59. The Morgan fingerprint density at radius 2 is 2.05 bits per heavy atom. The molecule has 1 saturated heterocycles. The first kappa shape index (κ1) is 14.6. The molecule has 19 heavy (non-hydrogen) atoms. The lowest BCUT2D eigenvalue weighted by molar-refractivity contribution is 0.362. The van der Waals surface area contributed by atoms with Gasteiger partial charge in [0.15, 0.2) is 0 Å². The number of nitrogens with zero attached hydrogens (tertiary/aromatic N) is 3. The summed E-state index contributed by atoms with van der Waals surface area (Å²) in [6, 6.07) is 0. The Kier molecular flexibility index (Phi) is 4.71. The number of nitrogens with one attached hydrogen (secondary N) is 2. The van der Waals surface area contributed by atoms with Crippen molar-refractivity contribution in [2.45, 2.75) is 20.3 Å². The topological polar surface area (TPSA) is 87.2 Å². The molecule has 0 saturated carbocycles. The van der Waals surface area contributed by atoms with Crippen LogP contribution < -0.4 is 10.0 Å². The summed E-state index contributed by atoms with van der Waals surface area (Å²) in [5, 5.41) is 12.2. The van der Waals surface area contributed by atoms with E-state index >= 15 is 0 Å². The first-order valence-corrected chi connectivity index (χ1v) is 8.54. The van der Waals surface area contributed by atoms with Gasteiger partial charge in [-0.1, -0.05) is 25.2 Å². The molecule has 2 rings (SSSR count). The van der Waals surface area contributed by atoms with Gasteiger partial charge >= 0.3 is 10.2 Å². The lowest BCUT2D eigenvalue weighted by Gasteiger charge is -2.26. The predicted molar refractivity (Wildman–Crippen MR) is 75.4 cm³/mol. The summed E-state index contributed by atoms with van der Waals surface area (Å²) in [6.45, 7) is 6.49. The number of aromatic nitrogens is 2. The van der Waals surface area contributed by atoms with E-state index in [1.54, 1.807) is 0 Å². The van der Waals surface area contributed by atoms with Gasteiger partial charge < -0.3 is 5.32 Å². The summed E-state index contributed by atoms with van der Waals surface area (Å²) < 4.78 is 28.1. The van der Waals surface area contributed by atoms with Gasteiger partial charge in [-0.2, -0.15) is 12.7 Å². The average molecular weight is 305 g/mol. The molecule has 2 heterocycles. The Balaban J connectivity index is 2.01. The minimum Gasteiger partial charge on any atom is -0.314 e. The molecule has 2 N–H and O–H groups in total. The van der Waals surface area contributed by atoms with Gasteiger partial charge in [-0.3, -0.25) is 0 Å². The third-order valence-electron chi connectivity index (χ3n) is 2.68. The summed E-state index contributed by atoms with van der Waals surface area (Å²) in [4.78, 5) is 0. The minimum absolute atomic E-state index is 0.342. The SMILES string of the molecule is CC(C)Cc1nnc(NS(=O)(=O)N2CCNCC2)s1. The number of anilines is 1. The standard InChI is InChI=1S/C10H19N5O2S2/c1-8(2)7-9-12-13-10(18-9)14-19(16,17)15-5-3-11-4-6-15/h8,11H,3-7H2,1-2H3,(H,13,14). The van der Waals surface area contributed by atoms with Crippen LogP contribution in [0.1, 0.15) is 18.9 Å². The number of piperazine rings is 1. The van der Waals surface area contributed by atoms with E-state index in [0.717, 1.165) is 11.4 Å². The smallest absolute Gasteiger partial charge is 0.303 e. The summed E-state index contributed by atoms with van der Waals surface area (Å²) in [5.41, 5.74) is 0. The largest absolute Gasteiger partial charge is 0.314 e. The molecule has 1 fully saturated rings. The molecular formula is C10H19N5O2S2. The molecule has 1 aromatic heterocycles. The van der Waals surface area contributed by atoms with Gasteiger partial charge in [-0.15, -0.1) is 10.2 Å². The number of hydrogen-bond acceptors (Lipinski definition) is 6. The van der Waals surface area contributed by atoms with Gasteiger partial charge in [0.05, 0.1) is 0 Å². The van der Waals surface area contributed by atoms with Crippen molar-refractivity contribution in [3.05, 3.63) is 5.01 Å². The van der Waals surface area contributed by atoms with Crippen molar-refractivity contribution in [1.82, 2.24) is 19.8 Å². The zero-order valence-electron chi connectivity index (χ0n) is 11.1. The zero-order chi connectivity index (χ0) is 13.9. The van der Waals surface area contributed by atoms with Crippen LogP contribution in [0.25, 0.3) is 0 Å². The average Bonchev–Trinajstić information content (AvgIpc) is 2.76. The molecule has 1 aromatic rings. The minimum atomic E-state index is -3.50. The maximum atomic E-state index is 12.1. The molecule has 1 aliphatic rings. The number of hydrogen-bond donors (Lipinski definition) is 2. The highest BCUT2D eigenvalue weighted by Gasteiger charge is 2.24. The van der Waals surface area contributed by atoms with Crippen LogP contribution >= 0.6 is 11.3 Å². The molecule has 9 heteroatoms. The van der Waals surface area contributed by atoms with Crippen molar-refractivity contribution in [3.63, 3.8) is 0 Å². The molecule has 0 aliphatic carbocycles. The van der Waals surface area contributed by atoms with Crippen LogP contribution in [-0.2, 0) is 16.6 Å². The van der Waals surface area contributed by atoms with Crippen LogP contribution in [0.5, 0.6) is 0 Å². The Labute approximate surface area is 117 Å². The molecule has 0 unspecified atom stereocenters. The monoisotopic (exact) mass is 305 g/mol. The Morgan fingerprint density at radius 3 is 2.68 bits per heavy atom. The Hall–Kier alpha value is -0.770. The van der Waals surface area contributed by atoms with Crippen LogP contribution in [0.15, 0.2) is 0 Å². The molecule has 0 amide bonds. The molecule has 108 valence electrons. The first-order valence-electron chi connectivity index (χ1n) is 6.28. The van der Waals surface area contributed by atoms with Gasteiger partial charge in [-0.25, -0.2) is 4.72 Å². The molecule has 1 aliphatic heterocycles. The number of rotatable bonds is 5.